The standard InChI is InChI=1S/C19H16N2O4S2/c1-3-15-6-11-19(16(4-2)14-15)27(24,25)21-17-7-9-18(10-8-17)26(22,23)13-5-12-20/h3-11,13-14,21H,1-2H2. The van der Waals surface area contributed by atoms with Crippen LogP contribution < -0.4 is 4.72 Å². The first-order valence-electron chi connectivity index (χ1n) is 7.56. The largest absolute Gasteiger partial charge is 0.280 e. The number of nitrogens with zero attached hydrogens (tertiary/aromatic N) is 1. The van der Waals surface area contributed by atoms with Gasteiger partial charge in [-0.2, -0.15) is 5.26 Å². The first kappa shape index (κ1) is 20.2. The van der Waals surface area contributed by atoms with Crippen molar-refractivity contribution in [2.75, 3.05) is 4.72 Å². The minimum absolute atomic E-state index is 0.0387. The molecule has 0 amide bonds. The number of nitrogens with one attached hydrogen (secondary N) is 1. The third-order valence-corrected chi connectivity index (χ3v) is 6.41. The third-order valence-electron chi connectivity index (χ3n) is 3.54. The quantitative estimate of drug-likeness (QED) is 0.715. The fourth-order valence-corrected chi connectivity index (χ4v) is 4.39. The van der Waals surface area contributed by atoms with Crippen molar-refractivity contribution in [1.29, 1.82) is 5.26 Å². The van der Waals surface area contributed by atoms with Gasteiger partial charge in [0.15, 0.2) is 0 Å². The Labute approximate surface area is 158 Å². The average molecular weight is 400 g/mol. The molecule has 0 fully saturated rings. The van der Waals surface area contributed by atoms with Crippen molar-refractivity contribution in [2.24, 2.45) is 0 Å². The van der Waals surface area contributed by atoms with Crippen molar-refractivity contribution in [3.8, 4) is 6.07 Å². The molecule has 2 rings (SSSR count). The van der Waals surface area contributed by atoms with Crippen LogP contribution in [-0.2, 0) is 19.9 Å². The van der Waals surface area contributed by atoms with E-state index < -0.39 is 19.9 Å². The molecule has 0 spiro atoms. The van der Waals surface area contributed by atoms with Gasteiger partial charge in [0.25, 0.3) is 10.0 Å². The zero-order valence-electron chi connectivity index (χ0n) is 14.2. The lowest BCUT2D eigenvalue weighted by molar-refractivity contribution is 0.600. The molecule has 0 heterocycles. The van der Waals surface area contributed by atoms with Gasteiger partial charge in [0.1, 0.15) is 0 Å². The van der Waals surface area contributed by atoms with E-state index in [1.807, 2.05) is 0 Å². The van der Waals surface area contributed by atoms with Crippen molar-refractivity contribution in [1.82, 2.24) is 0 Å². The summed E-state index contributed by atoms with van der Waals surface area (Å²) in [5, 5.41) is 9.22. The van der Waals surface area contributed by atoms with E-state index in [2.05, 4.69) is 17.9 Å². The Morgan fingerprint density at radius 3 is 2.19 bits per heavy atom. The number of nitriles is 1. The molecule has 0 unspecified atom stereocenters. The molecule has 0 aliphatic rings. The van der Waals surface area contributed by atoms with Crippen LogP contribution in [0.3, 0.4) is 0 Å². The fourth-order valence-electron chi connectivity index (χ4n) is 2.22. The predicted octanol–water partition coefficient (Wildman–Crippen LogP) is 3.58. The average Bonchev–Trinajstić information content (AvgIpc) is 2.66. The summed E-state index contributed by atoms with van der Waals surface area (Å²) in [6.45, 7) is 7.27. The smallest absolute Gasteiger partial charge is 0.262 e. The zero-order chi connectivity index (χ0) is 20.1. The summed E-state index contributed by atoms with van der Waals surface area (Å²) < 4.78 is 51.6. The van der Waals surface area contributed by atoms with Gasteiger partial charge in [-0.25, -0.2) is 16.8 Å². The van der Waals surface area contributed by atoms with Crippen LogP contribution in [0.4, 0.5) is 5.69 Å². The molecular formula is C19H16N2O4S2. The number of rotatable bonds is 7. The van der Waals surface area contributed by atoms with Gasteiger partial charge < -0.3 is 0 Å². The maximum atomic E-state index is 12.7. The molecule has 27 heavy (non-hydrogen) atoms. The molecule has 0 saturated carbocycles. The third kappa shape index (κ3) is 4.73. The van der Waals surface area contributed by atoms with E-state index in [4.69, 9.17) is 5.26 Å². The van der Waals surface area contributed by atoms with Gasteiger partial charge in [-0.1, -0.05) is 31.4 Å². The Kier molecular flexibility index (Phi) is 6.00. The number of benzene rings is 2. The summed E-state index contributed by atoms with van der Waals surface area (Å²) in [4.78, 5) is -0.0178. The van der Waals surface area contributed by atoms with Gasteiger partial charge in [-0.15, -0.1) is 0 Å². The maximum Gasteiger partial charge on any atom is 0.262 e. The van der Waals surface area contributed by atoms with Crippen molar-refractivity contribution in [3.05, 3.63) is 78.2 Å². The second kappa shape index (κ2) is 8.03. The Morgan fingerprint density at radius 2 is 1.63 bits per heavy atom. The predicted molar refractivity (Wildman–Crippen MR) is 106 cm³/mol. The molecule has 0 aliphatic heterocycles. The second-order valence-corrected chi connectivity index (χ2v) is 8.80. The summed E-state index contributed by atoms with van der Waals surface area (Å²) >= 11 is 0. The summed E-state index contributed by atoms with van der Waals surface area (Å²) in [7, 11) is -7.66. The van der Waals surface area contributed by atoms with E-state index in [1.165, 1.54) is 36.4 Å². The summed E-state index contributed by atoms with van der Waals surface area (Å²) in [5.74, 6) is 0. The zero-order valence-corrected chi connectivity index (χ0v) is 15.8. The lowest BCUT2D eigenvalue weighted by Gasteiger charge is -2.11. The highest BCUT2D eigenvalue weighted by molar-refractivity contribution is 7.94. The van der Waals surface area contributed by atoms with Crippen LogP contribution in [0.1, 0.15) is 11.1 Å². The molecule has 138 valence electrons. The van der Waals surface area contributed by atoms with Gasteiger partial charge in [0.05, 0.1) is 15.9 Å². The molecule has 2 aromatic rings. The molecule has 0 saturated heterocycles. The Bertz CT molecular complexity index is 1160. The van der Waals surface area contributed by atoms with E-state index in [9.17, 15) is 16.8 Å². The monoisotopic (exact) mass is 400 g/mol. The SMILES string of the molecule is C=Cc1ccc(S(=O)(=O)Nc2ccc(S(=O)(=O)C=CC#N)cc2)c(C=C)c1. The molecular weight excluding hydrogens is 384 g/mol. The molecule has 2 aromatic carbocycles. The molecule has 1 N–H and O–H groups in total. The maximum absolute atomic E-state index is 12.7. The van der Waals surface area contributed by atoms with Crippen molar-refractivity contribution in [2.45, 2.75) is 9.79 Å². The second-order valence-electron chi connectivity index (χ2n) is 5.31. The molecule has 0 bridgehead atoms. The number of hydrogen-bond donors (Lipinski definition) is 1. The first-order valence-corrected chi connectivity index (χ1v) is 10.6. The molecule has 0 aromatic heterocycles. The minimum atomic E-state index is -3.91. The highest BCUT2D eigenvalue weighted by atomic mass is 32.2. The van der Waals surface area contributed by atoms with Crippen molar-refractivity contribution >= 4 is 37.7 Å². The molecule has 8 heteroatoms. The molecule has 0 radical (unpaired) electrons. The number of anilines is 1. The molecule has 0 atom stereocenters. The number of sulfone groups is 1. The number of sulfonamides is 1. The van der Waals surface area contributed by atoms with E-state index in [0.29, 0.717) is 5.56 Å². The fraction of sp³-hybridized carbons (Fsp3) is 0. The van der Waals surface area contributed by atoms with Gasteiger partial charge in [-0.3, -0.25) is 4.72 Å². The highest BCUT2D eigenvalue weighted by Crippen LogP contribution is 2.23. The van der Waals surface area contributed by atoms with Gasteiger partial charge in [0, 0.05) is 17.2 Å². The minimum Gasteiger partial charge on any atom is -0.280 e. The van der Waals surface area contributed by atoms with Crippen LogP contribution in [0.2, 0.25) is 0 Å². The lowest BCUT2D eigenvalue weighted by Crippen LogP contribution is -2.14. The van der Waals surface area contributed by atoms with E-state index in [0.717, 1.165) is 17.0 Å². The van der Waals surface area contributed by atoms with Crippen LogP contribution in [0, 0.1) is 11.3 Å². The van der Waals surface area contributed by atoms with Crippen molar-refractivity contribution < 1.29 is 16.8 Å². The van der Waals surface area contributed by atoms with E-state index in [-0.39, 0.29) is 15.5 Å². The van der Waals surface area contributed by atoms with Gasteiger partial charge in [-0.05, 0) is 47.5 Å². The van der Waals surface area contributed by atoms with Crippen LogP contribution in [0.25, 0.3) is 12.2 Å². The van der Waals surface area contributed by atoms with E-state index in [1.54, 1.807) is 24.3 Å². The number of hydrogen-bond acceptors (Lipinski definition) is 5. The summed E-state index contributed by atoms with van der Waals surface area (Å²) in [6, 6.07) is 11.5. The summed E-state index contributed by atoms with van der Waals surface area (Å²) in [6.07, 6.45) is 3.88. The normalized spacial score (nSPS) is 11.7. The van der Waals surface area contributed by atoms with Crippen LogP contribution >= 0.6 is 0 Å². The van der Waals surface area contributed by atoms with Gasteiger partial charge in [0.2, 0.25) is 9.84 Å². The number of allylic oxidation sites excluding steroid dienone is 1. The summed E-state index contributed by atoms with van der Waals surface area (Å²) in [5.41, 5.74) is 1.37. The van der Waals surface area contributed by atoms with Crippen LogP contribution in [-0.4, -0.2) is 16.8 Å². The molecule has 6 nitrogen and oxygen atoms in total. The highest BCUT2D eigenvalue weighted by Gasteiger charge is 2.18. The van der Waals surface area contributed by atoms with Crippen molar-refractivity contribution in [3.63, 3.8) is 0 Å². The lowest BCUT2D eigenvalue weighted by atomic mass is 10.1. The molecule has 0 aliphatic carbocycles. The first-order chi connectivity index (χ1) is 12.7. The van der Waals surface area contributed by atoms with Crippen LogP contribution in [0.5, 0.6) is 0 Å². The van der Waals surface area contributed by atoms with Gasteiger partial charge >= 0.3 is 0 Å². The Morgan fingerprint density at radius 1 is 0.963 bits per heavy atom. The Balaban J connectivity index is 2.34. The van der Waals surface area contributed by atoms with Crippen LogP contribution in [0.15, 0.2) is 76.9 Å². The van der Waals surface area contributed by atoms with E-state index >= 15 is 0 Å². The topological polar surface area (TPSA) is 104 Å². The Hall–Kier alpha value is -3.15.